The van der Waals surface area contributed by atoms with Gasteiger partial charge in [-0.15, -0.1) is 0 Å². The SMILES string of the molecule is CCN(CC(=O)[O-])CC(=O)OO.CCN(CC(=O)[O-])CC(=O)OO.[Na+].[Na+]. The Balaban J connectivity index is -0.000000173. The fourth-order valence-electron chi connectivity index (χ4n) is 1.35. The molecule has 0 spiro atoms. The normalized spacial score (nSPS) is 9.15. The van der Waals surface area contributed by atoms with Gasteiger partial charge in [-0.2, -0.15) is 10.5 Å². The van der Waals surface area contributed by atoms with Gasteiger partial charge < -0.3 is 19.8 Å². The summed E-state index contributed by atoms with van der Waals surface area (Å²) in [6.07, 6.45) is 0. The molecule has 0 amide bonds. The van der Waals surface area contributed by atoms with E-state index in [0.29, 0.717) is 13.1 Å². The van der Waals surface area contributed by atoms with E-state index in [4.69, 9.17) is 10.5 Å². The standard InChI is InChI=1S/2C6H11NO5.2Na/c2*1-2-7(3-5(8)9)4-6(10)12-11;;/h2*11H,2-4H2,1H3,(H,8,9);;/q;;2*+1/p-2. The summed E-state index contributed by atoms with van der Waals surface area (Å²) < 4.78 is 0. The van der Waals surface area contributed by atoms with Crippen molar-refractivity contribution in [1.29, 1.82) is 0 Å². The summed E-state index contributed by atoms with van der Waals surface area (Å²) in [5, 5.41) is 35.9. The number of hydrogen-bond donors (Lipinski definition) is 2. The molecule has 0 aliphatic heterocycles. The van der Waals surface area contributed by atoms with Crippen LogP contribution in [-0.2, 0) is 29.0 Å². The van der Waals surface area contributed by atoms with Crippen molar-refractivity contribution in [2.24, 2.45) is 0 Å². The largest absolute Gasteiger partial charge is 1.00 e. The summed E-state index contributed by atoms with van der Waals surface area (Å²) in [5.74, 6) is -4.33. The van der Waals surface area contributed by atoms with Crippen LogP contribution >= 0.6 is 0 Å². The van der Waals surface area contributed by atoms with Gasteiger partial charge in [0.2, 0.25) is 0 Å². The molecule has 0 aliphatic rings. The molecule has 0 saturated carbocycles. The Bertz CT molecular complexity index is 387. The Morgan fingerprint density at radius 1 is 0.731 bits per heavy atom. The molecule has 0 heterocycles. The third-order valence-electron chi connectivity index (χ3n) is 2.51. The quantitative estimate of drug-likeness (QED) is 0.202. The number of carboxylic acid groups (broad SMARTS) is 2. The first kappa shape index (κ1) is 33.3. The Labute approximate surface area is 194 Å². The van der Waals surface area contributed by atoms with Gasteiger partial charge in [0.25, 0.3) is 0 Å². The molecular weight excluding hydrogens is 378 g/mol. The average molecular weight is 398 g/mol. The van der Waals surface area contributed by atoms with E-state index in [1.54, 1.807) is 13.8 Å². The van der Waals surface area contributed by atoms with Crippen molar-refractivity contribution in [3.05, 3.63) is 0 Å². The molecule has 0 saturated heterocycles. The zero-order valence-electron chi connectivity index (χ0n) is 15.3. The van der Waals surface area contributed by atoms with E-state index in [0.717, 1.165) is 0 Å². The molecule has 140 valence electrons. The number of nitrogens with zero attached hydrogens (tertiary/aromatic N) is 2. The van der Waals surface area contributed by atoms with Crippen molar-refractivity contribution in [3.8, 4) is 0 Å². The van der Waals surface area contributed by atoms with Crippen molar-refractivity contribution in [3.63, 3.8) is 0 Å². The van der Waals surface area contributed by atoms with Gasteiger partial charge in [0.15, 0.2) is 0 Å². The van der Waals surface area contributed by atoms with Crippen molar-refractivity contribution in [2.75, 3.05) is 39.3 Å². The van der Waals surface area contributed by atoms with Crippen molar-refractivity contribution >= 4 is 23.9 Å². The predicted octanol–water partition coefficient (Wildman–Crippen LogP) is -9.84. The van der Waals surface area contributed by atoms with Crippen LogP contribution in [0.3, 0.4) is 0 Å². The van der Waals surface area contributed by atoms with E-state index in [1.165, 1.54) is 9.80 Å². The second-order valence-corrected chi connectivity index (χ2v) is 4.28. The van der Waals surface area contributed by atoms with Crippen LogP contribution in [0.25, 0.3) is 0 Å². The van der Waals surface area contributed by atoms with Crippen molar-refractivity contribution < 1.29 is 109 Å². The van der Waals surface area contributed by atoms with Crippen LogP contribution in [0.1, 0.15) is 13.8 Å². The van der Waals surface area contributed by atoms with E-state index < -0.39 is 23.9 Å². The number of hydrogen-bond acceptors (Lipinski definition) is 12. The number of carbonyl (C=O) groups is 4. The number of rotatable bonds is 10. The Hall–Kier alpha value is -0.280. The molecule has 0 aromatic rings. The molecule has 0 aliphatic carbocycles. The van der Waals surface area contributed by atoms with Gasteiger partial charge in [-0.1, -0.05) is 13.8 Å². The first-order chi connectivity index (χ1) is 11.2. The number of carbonyl (C=O) groups excluding carboxylic acids is 4. The predicted molar refractivity (Wildman–Crippen MR) is 71.7 cm³/mol. The third kappa shape index (κ3) is 21.8. The first-order valence-electron chi connectivity index (χ1n) is 6.72. The summed E-state index contributed by atoms with van der Waals surface area (Å²) in [5.41, 5.74) is 0. The van der Waals surface area contributed by atoms with Gasteiger partial charge in [-0.25, -0.2) is 9.59 Å². The molecule has 26 heavy (non-hydrogen) atoms. The summed E-state index contributed by atoms with van der Waals surface area (Å²) in [7, 11) is 0. The number of aliphatic carboxylic acids is 2. The van der Waals surface area contributed by atoms with Gasteiger partial charge in [0.05, 0.1) is 11.9 Å². The van der Waals surface area contributed by atoms with Gasteiger partial charge in [-0.3, -0.25) is 19.6 Å². The topological polar surface area (TPSA) is 180 Å². The van der Waals surface area contributed by atoms with E-state index >= 15 is 0 Å². The molecule has 14 heteroatoms. The van der Waals surface area contributed by atoms with Gasteiger partial charge in [-0.05, 0) is 13.1 Å². The van der Waals surface area contributed by atoms with Gasteiger partial charge >= 0.3 is 71.1 Å². The number of likely N-dealkylation sites (N-methyl/N-ethyl adjacent to an activating group) is 2. The summed E-state index contributed by atoms with van der Waals surface area (Å²) in [6.45, 7) is 2.84. The maximum absolute atomic E-state index is 10.4. The number of carboxylic acids is 2. The van der Waals surface area contributed by atoms with E-state index in [9.17, 15) is 29.4 Å². The Morgan fingerprint density at radius 2 is 1.00 bits per heavy atom. The molecule has 0 fully saturated rings. The summed E-state index contributed by atoms with van der Waals surface area (Å²) in [4.78, 5) is 50.3. The molecule has 0 bridgehead atoms. The second-order valence-electron chi connectivity index (χ2n) is 4.28. The van der Waals surface area contributed by atoms with Crippen LogP contribution in [-0.4, -0.2) is 83.5 Å². The van der Waals surface area contributed by atoms with E-state index in [2.05, 4.69) is 9.78 Å². The van der Waals surface area contributed by atoms with Crippen molar-refractivity contribution in [2.45, 2.75) is 13.8 Å². The van der Waals surface area contributed by atoms with Crippen LogP contribution in [0.2, 0.25) is 0 Å². The average Bonchev–Trinajstić information content (AvgIpc) is 2.52. The van der Waals surface area contributed by atoms with Crippen LogP contribution in [0.15, 0.2) is 0 Å². The minimum atomic E-state index is -1.28. The molecule has 0 radical (unpaired) electrons. The monoisotopic (exact) mass is 398 g/mol. The summed E-state index contributed by atoms with van der Waals surface area (Å²) in [6, 6.07) is 0. The Morgan fingerprint density at radius 3 is 1.15 bits per heavy atom. The zero-order chi connectivity index (χ0) is 19.1. The second kappa shape index (κ2) is 21.0. The molecule has 0 unspecified atom stereocenters. The Kier molecular flexibility index (Phi) is 26.9. The molecule has 12 nitrogen and oxygen atoms in total. The zero-order valence-corrected chi connectivity index (χ0v) is 19.3. The fourth-order valence-corrected chi connectivity index (χ4v) is 1.35. The molecule has 0 rings (SSSR count). The van der Waals surface area contributed by atoms with E-state index in [-0.39, 0.29) is 85.3 Å². The van der Waals surface area contributed by atoms with Crippen molar-refractivity contribution in [1.82, 2.24) is 9.80 Å². The smallest absolute Gasteiger partial charge is 0.549 e. The fraction of sp³-hybridized carbons (Fsp3) is 0.667. The first-order valence-corrected chi connectivity index (χ1v) is 6.72. The molecule has 0 atom stereocenters. The summed E-state index contributed by atoms with van der Waals surface area (Å²) >= 11 is 0. The van der Waals surface area contributed by atoms with Crippen LogP contribution < -0.4 is 69.3 Å². The molecule has 0 aromatic carbocycles. The van der Waals surface area contributed by atoms with Crippen LogP contribution in [0.5, 0.6) is 0 Å². The minimum Gasteiger partial charge on any atom is -0.549 e. The minimum absolute atomic E-state index is 0. The molecule has 0 aromatic heterocycles. The van der Waals surface area contributed by atoms with Gasteiger partial charge in [0.1, 0.15) is 13.1 Å². The third-order valence-corrected chi connectivity index (χ3v) is 2.51. The van der Waals surface area contributed by atoms with Gasteiger partial charge in [0, 0.05) is 13.1 Å². The van der Waals surface area contributed by atoms with Crippen LogP contribution in [0.4, 0.5) is 0 Å². The molecular formula is C12H20N2Na2O10. The molecule has 2 N–H and O–H groups in total. The maximum Gasteiger partial charge on any atom is 1.00 e. The maximum atomic E-state index is 10.4. The van der Waals surface area contributed by atoms with E-state index in [1.807, 2.05) is 0 Å². The van der Waals surface area contributed by atoms with Crippen LogP contribution in [0, 0.1) is 0 Å².